The van der Waals surface area contributed by atoms with Crippen LogP contribution in [-0.2, 0) is 0 Å². The van der Waals surface area contributed by atoms with Gasteiger partial charge in [0.25, 0.3) is 0 Å². The summed E-state index contributed by atoms with van der Waals surface area (Å²) in [5.41, 5.74) is 2.24. The molecular formula is C11H14O. The maximum Gasteiger partial charge on any atom is 0.116 e. The highest BCUT2D eigenvalue weighted by Gasteiger charge is 2.03. The van der Waals surface area contributed by atoms with Crippen molar-refractivity contribution in [3.63, 3.8) is 0 Å². The van der Waals surface area contributed by atoms with Crippen LogP contribution in [0.5, 0.6) is 5.75 Å². The molecule has 1 heteroatoms. The molecule has 1 aromatic carbocycles. The van der Waals surface area contributed by atoms with Crippen LogP contribution in [-0.4, -0.2) is 5.11 Å². The molecule has 0 radical (unpaired) electrons. The van der Waals surface area contributed by atoms with Crippen molar-refractivity contribution in [2.45, 2.75) is 19.8 Å². The van der Waals surface area contributed by atoms with E-state index in [1.807, 2.05) is 6.07 Å². The minimum atomic E-state index is 0.300. The van der Waals surface area contributed by atoms with Crippen molar-refractivity contribution in [1.82, 2.24) is 0 Å². The van der Waals surface area contributed by atoms with Crippen LogP contribution >= 0.6 is 0 Å². The van der Waals surface area contributed by atoms with Crippen molar-refractivity contribution < 1.29 is 5.11 Å². The topological polar surface area (TPSA) is 20.2 Å². The Morgan fingerprint density at radius 2 is 2.08 bits per heavy atom. The second-order valence-electron chi connectivity index (χ2n) is 3.17. The van der Waals surface area contributed by atoms with Crippen molar-refractivity contribution in [3.8, 4) is 5.75 Å². The lowest BCUT2D eigenvalue weighted by Crippen LogP contribution is -1.90. The molecule has 0 aliphatic heterocycles. The first kappa shape index (κ1) is 8.85. The van der Waals surface area contributed by atoms with E-state index >= 15 is 0 Å². The highest BCUT2D eigenvalue weighted by molar-refractivity contribution is 5.55. The van der Waals surface area contributed by atoms with Crippen molar-refractivity contribution in [3.05, 3.63) is 35.9 Å². The molecule has 1 nitrogen and oxygen atoms in total. The molecule has 1 N–H and O–H groups in total. The molecule has 0 unspecified atom stereocenters. The minimum Gasteiger partial charge on any atom is -0.508 e. The summed E-state index contributed by atoms with van der Waals surface area (Å²) in [4.78, 5) is 0. The Morgan fingerprint density at radius 1 is 1.42 bits per heavy atom. The van der Waals surface area contributed by atoms with Gasteiger partial charge < -0.3 is 5.11 Å². The molecule has 0 bridgehead atoms. The van der Waals surface area contributed by atoms with E-state index in [-0.39, 0.29) is 0 Å². The van der Waals surface area contributed by atoms with Gasteiger partial charge in [-0.25, -0.2) is 0 Å². The van der Waals surface area contributed by atoms with E-state index in [2.05, 4.69) is 20.4 Å². The second-order valence-corrected chi connectivity index (χ2v) is 3.17. The minimum absolute atomic E-state index is 0.300. The fraction of sp³-hybridized carbons (Fsp3) is 0.273. The summed E-state index contributed by atoms with van der Waals surface area (Å²) < 4.78 is 0. The first-order chi connectivity index (χ1) is 5.65. The monoisotopic (exact) mass is 162 g/mol. The highest BCUT2D eigenvalue weighted by atomic mass is 16.3. The first-order valence-corrected chi connectivity index (χ1v) is 4.10. The van der Waals surface area contributed by atoms with Crippen LogP contribution in [0.4, 0.5) is 0 Å². The molecule has 0 atom stereocenters. The number of phenols is 1. The van der Waals surface area contributed by atoms with Gasteiger partial charge in [0, 0.05) is 0 Å². The van der Waals surface area contributed by atoms with E-state index in [9.17, 15) is 5.11 Å². The lowest BCUT2D eigenvalue weighted by atomic mass is 9.97. The van der Waals surface area contributed by atoms with Gasteiger partial charge in [0.2, 0.25) is 0 Å². The quantitative estimate of drug-likeness (QED) is 0.708. The molecule has 0 saturated carbocycles. The standard InChI is InChI=1S/C11H14O/c1-4-9-7-10(12)5-6-11(9)8(2)3/h4-8,12H,1H2,2-3H3. The van der Waals surface area contributed by atoms with Gasteiger partial charge in [-0.2, -0.15) is 0 Å². The zero-order valence-corrected chi connectivity index (χ0v) is 7.54. The Bertz CT molecular complexity index is 287. The second kappa shape index (κ2) is 3.44. The predicted octanol–water partition coefficient (Wildman–Crippen LogP) is 3.16. The molecule has 64 valence electrons. The average molecular weight is 162 g/mol. The molecule has 0 aromatic heterocycles. The van der Waals surface area contributed by atoms with Gasteiger partial charge in [-0.3, -0.25) is 0 Å². The molecule has 0 amide bonds. The van der Waals surface area contributed by atoms with E-state index in [1.54, 1.807) is 18.2 Å². The molecule has 0 spiro atoms. The summed E-state index contributed by atoms with van der Waals surface area (Å²) in [5, 5.41) is 9.20. The summed E-state index contributed by atoms with van der Waals surface area (Å²) in [5.74, 6) is 0.771. The molecule has 0 aliphatic rings. The van der Waals surface area contributed by atoms with Crippen molar-refractivity contribution in [2.24, 2.45) is 0 Å². The maximum atomic E-state index is 9.20. The van der Waals surface area contributed by atoms with E-state index in [0.29, 0.717) is 11.7 Å². The Labute approximate surface area is 73.4 Å². The van der Waals surface area contributed by atoms with Crippen LogP contribution in [0, 0.1) is 0 Å². The largest absolute Gasteiger partial charge is 0.508 e. The van der Waals surface area contributed by atoms with Crippen molar-refractivity contribution >= 4 is 6.08 Å². The zero-order chi connectivity index (χ0) is 9.14. The molecule has 0 heterocycles. The van der Waals surface area contributed by atoms with Gasteiger partial charge >= 0.3 is 0 Å². The van der Waals surface area contributed by atoms with E-state index < -0.39 is 0 Å². The molecule has 0 fully saturated rings. The lowest BCUT2D eigenvalue weighted by Gasteiger charge is -2.09. The van der Waals surface area contributed by atoms with Gasteiger partial charge in [-0.05, 0) is 29.2 Å². The number of hydrogen-bond acceptors (Lipinski definition) is 1. The fourth-order valence-corrected chi connectivity index (χ4v) is 1.26. The Hall–Kier alpha value is -1.24. The Morgan fingerprint density at radius 3 is 2.58 bits per heavy atom. The molecule has 0 aliphatic carbocycles. The third kappa shape index (κ3) is 1.67. The van der Waals surface area contributed by atoms with E-state index in [0.717, 1.165) is 5.56 Å². The van der Waals surface area contributed by atoms with Gasteiger partial charge in [-0.1, -0.05) is 32.6 Å². The third-order valence-corrected chi connectivity index (χ3v) is 1.91. The molecule has 12 heavy (non-hydrogen) atoms. The van der Waals surface area contributed by atoms with Crippen LogP contribution in [0.1, 0.15) is 30.9 Å². The number of aromatic hydroxyl groups is 1. The summed E-state index contributed by atoms with van der Waals surface area (Å²) in [6.07, 6.45) is 1.77. The summed E-state index contributed by atoms with van der Waals surface area (Å²) in [7, 11) is 0. The Kier molecular flexibility index (Phi) is 2.54. The van der Waals surface area contributed by atoms with Crippen LogP contribution in [0.25, 0.3) is 6.08 Å². The van der Waals surface area contributed by atoms with Crippen molar-refractivity contribution in [2.75, 3.05) is 0 Å². The number of phenolic OH excluding ortho intramolecular Hbond substituents is 1. The van der Waals surface area contributed by atoms with Crippen LogP contribution < -0.4 is 0 Å². The summed E-state index contributed by atoms with van der Waals surface area (Å²) >= 11 is 0. The summed E-state index contributed by atoms with van der Waals surface area (Å²) in [6.45, 7) is 7.95. The Balaban J connectivity index is 3.20. The zero-order valence-electron chi connectivity index (χ0n) is 7.54. The first-order valence-electron chi connectivity index (χ1n) is 4.10. The van der Waals surface area contributed by atoms with Gasteiger partial charge in [0.1, 0.15) is 5.75 Å². The van der Waals surface area contributed by atoms with Crippen LogP contribution in [0.15, 0.2) is 24.8 Å². The lowest BCUT2D eigenvalue weighted by molar-refractivity contribution is 0.475. The molecule has 1 aromatic rings. The number of hydrogen-bond donors (Lipinski definition) is 1. The van der Waals surface area contributed by atoms with E-state index in [1.165, 1.54) is 5.56 Å². The molecule has 0 saturated heterocycles. The van der Waals surface area contributed by atoms with Crippen molar-refractivity contribution in [1.29, 1.82) is 0 Å². The normalized spacial score (nSPS) is 10.2. The van der Waals surface area contributed by atoms with Gasteiger partial charge in [0.05, 0.1) is 0 Å². The molecular weight excluding hydrogens is 148 g/mol. The number of benzene rings is 1. The average Bonchev–Trinajstić information content (AvgIpc) is 2.03. The molecule has 1 rings (SSSR count). The van der Waals surface area contributed by atoms with Gasteiger partial charge in [0.15, 0.2) is 0 Å². The fourth-order valence-electron chi connectivity index (χ4n) is 1.26. The highest BCUT2D eigenvalue weighted by Crippen LogP contribution is 2.23. The summed E-state index contributed by atoms with van der Waals surface area (Å²) in [6, 6.07) is 5.39. The number of rotatable bonds is 2. The predicted molar refractivity (Wildman–Crippen MR) is 52.3 cm³/mol. The van der Waals surface area contributed by atoms with Crippen LogP contribution in [0.3, 0.4) is 0 Å². The van der Waals surface area contributed by atoms with Gasteiger partial charge in [-0.15, -0.1) is 0 Å². The smallest absolute Gasteiger partial charge is 0.116 e. The van der Waals surface area contributed by atoms with E-state index in [4.69, 9.17) is 0 Å². The SMILES string of the molecule is C=Cc1cc(O)ccc1C(C)C. The third-order valence-electron chi connectivity index (χ3n) is 1.91. The van der Waals surface area contributed by atoms with Crippen LogP contribution in [0.2, 0.25) is 0 Å². The maximum absolute atomic E-state index is 9.20.